The third-order valence-electron chi connectivity index (χ3n) is 6.68. The molecule has 1 saturated carbocycles. The Morgan fingerprint density at radius 3 is 2.41 bits per heavy atom. The molecule has 0 aliphatic heterocycles. The predicted molar refractivity (Wildman–Crippen MR) is 150 cm³/mol. The Bertz CT molecular complexity index is 1460. The van der Waals surface area contributed by atoms with Crippen LogP contribution in [0.2, 0.25) is 5.02 Å². The van der Waals surface area contributed by atoms with Gasteiger partial charge in [-0.05, 0) is 61.3 Å². The monoisotopic (exact) mass is 575 g/mol. The van der Waals surface area contributed by atoms with Gasteiger partial charge in [-0.2, -0.15) is 4.39 Å². The standard InChI is InChI=1S/C22H14ClF3N2O2S.C7H15N/c1-30-16-5-2-11(12-6-7-27-17(26)9-12)8-13(16)10-28-22(29)21-19(23)18-14(24)3-4-15(25)20(18)31-21;1-8-7-5-3-2-4-6-7/h2-9H,10H2,1H3,(H,28,29);7-8H,2-6H2,1H3. The number of nitrogens with zero attached hydrogens (tertiary/aromatic N) is 1. The third-order valence-corrected chi connectivity index (χ3v) is 8.37. The minimum Gasteiger partial charge on any atom is -0.496 e. The van der Waals surface area contributed by atoms with E-state index in [4.69, 9.17) is 16.3 Å². The van der Waals surface area contributed by atoms with E-state index in [-0.39, 0.29) is 26.5 Å². The lowest BCUT2D eigenvalue weighted by Gasteiger charge is -2.20. The van der Waals surface area contributed by atoms with Crippen molar-refractivity contribution in [2.24, 2.45) is 0 Å². The Morgan fingerprint density at radius 2 is 1.77 bits per heavy atom. The van der Waals surface area contributed by atoms with E-state index < -0.39 is 23.5 Å². The molecule has 0 unspecified atom stereocenters. The molecule has 2 heterocycles. The third kappa shape index (κ3) is 6.90. The Hall–Kier alpha value is -3.14. The Labute approximate surface area is 234 Å². The molecule has 0 spiro atoms. The van der Waals surface area contributed by atoms with E-state index >= 15 is 0 Å². The number of thiophene rings is 1. The van der Waals surface area contributed by atoms with Crippen molar-refractivity contribution in [3.63, 3.8) is 0 Å². The number of rotatable bonds is 6. The van der Waals surface area contributed by atoms with E-state index in [1.807, 2.05) is 0 Å². The summed E-state index contributed by atoms with van der Waals surface area (Å²) < 4.78 is 46.9. The van der Waals surface area contributed by atoms with Gasteiger partial charge in [0.15, 0.2) is 0 Å². The van der Waals surface area contributed by atoms with E-state index in [9.17, 15) is 18.0 Å². The SMILES string of the molecule is CNC1CCCCC1.COc1ccc(-c2ccnc(F)c2)cc1CNC(=O)c1sc2c(F)ccc(F)c2c1Cl. The molecule has 0 atom stereocenters. The second-order valence-electron chi connectivity index (χ2n) is 9.18. The average molecular weight is 576 g/mol. The van der Waals surface area contributed by atoms with Crippen molar-refractivity contribution < 1.29 is 22.7 Å². The summed E-state index contributed by atoms with van der Waals surface area (Å²) in [6.07, 6.45) is 8.49. The second kappa shape index (κ2) is 13.3. The van der Waals surface area contributed by atoms with Crippen molar-refractivity contribution in [1.82, 2.24) is 15.6 Å². The van der Waals surface area contributed by atoms with Crippen LogP contribution in [-0.2, 0) is 6.54 Å². The van der Waals surface area contributed by atoms with Gasteiger partial charge in [0, 0.05) is 30.4 Å². The number of benzene rings is 2. The van der Waals surface area contributed by atoms with Crippen molar-refractivity contribution in [2.45, 2.75) is 44.7 Å². The number of hydrogen-bond donors (Lipinski definition) is 2. The maximum Gasteiger partial charge on any atom is 0.263 e. The van der Waals surface area contributed by atoms with Crippen molar-refractivity contribution in [3.05, 3.63) is 81.7 Å². The summed E-state index contributed by atoms with van der Waals surface area (Å²) in [5, 5.41) is 5.75. The van der Waals surface area contributed by atoms with E-state index in [1.54, 1.807) is 24.3 Å². The van der Waals surface area contributed by atoms with Gasteiger partial charge in [0.2, 0.25) is 5.95 Å². The molecule has 1 fully saturated rings. The number of amides is 1. The topological polar surface area (TPSA) is 63.2 Å². The molecule has 4 aromatic rings. The summed E-state index contributed by atoms with van der Waals surface area (Å²) >= 11 is 6.95. The van der Waals surface area contributed by atoms with Gasteiger partial charge < -0.3 is 15.4 Å². The number of methoxy groups -OCH3 is 1. The van der Waals surface area contributed by atoms with Crippen LogP contribution < -0.4 is 15.4 Å². The number of aromatic nitrogens is 1. The van der Waals surface area contributed by atoms with Crippen molar-refractivity contribution in [3.8, 4) is 16.9 Å². The molecule has 5 nitrogen and oxygen atoms in total. The van der Waals surface area contributed by atoms with Crippen LogP contribution in [0.5, 0.6) is 5.75 Å². The Balaban J connectivity index is 0.000000379. The molecule has 1 aliphatic carbocycles. The van der Waals surface area contributed by atoms with Crippen LogP contribution in [0, 0.1) is 17.6 Å². The zero-order valence-corrected chi connectivity index (χ0v) is 23.2. The van der Waals surface area contributed by atoms with Gasteiger partial charge in [0.1, 0.15) is 22.3 Å². The summed E-state index contributed by atoms with van der Waals surface area (Å²) in [6.45, 7) is 0.0545. The maximum absolute atomic E-state index is 14.1. The minimum atomic E-state index is -0.698. The molecule has 2 aromatic carbocycles. The highest BCUT2D eigenvalue weighted by molar-refractivity contribution is 7.21. The Kier molecular flexibility index (Phi) is 9.83. The first-order valence-electron chi connectivity index (χ1n) is 12.6. The maximum atomic E-state index is 14.1. The number of hydrogen-bond acceptors (Lipinski definition) is 5. The van der Waals surface area contributed by atoms with E-state index in [0.29, 0.717) is 22.4 Å². The lowest BCUT2D eigenvalue weighted by Crippen LogP contribution is -2.26. The lowest BCUT2D eigenvalue weighted by atomic mass is 9.96. The predicted octanol–water partition coefficient (Wildman–Crippen LogP) is 7.51. The van der Waals surface area contributed by atoms with Crippen molar-refractivity contribution >= 4 is 38.9 Å². The quantitative estimate of drug-likeness (QED) is 0.234. The summed E-state index contributed by atoms with van der Waals surface area (Å²) in [4.78, 5) is 16.2. The van der Waals surface area contributed by atoms with E-state index in [1.165, 1.54) is 51.5 Å². The zero-order valence-electron chi connectivity index (χ0n) is 21.6. The van der Waals surface area contributed by atoms with Crippen LogP contribution in [0.1, 0.15) is 47.3 Å². The van der Waals surface area contributed by atoms with Gasteiger partial charge in [0.05, 0.1) is 22.2 Å². The van der Waals surface area contributed by atoms with Gasteiger partial charge in [0.25, 0.3) is 5.91 Å². The van der Waals surface area contributed by atoms with Gasteiger partial charge in [-0.1, -0.05) is 36.9 Å². The first-order chi connectivity index (χ1) is 18.8. The van der Waals surface area contributed by atoms with Crippen LogP contribution in [0.3, 0.4) is 0 Å². The highest BCUT2D eigenvalue weighted by Crippen LogP contribution is 2.38. The molecule has 0 bridgehead atoms. The number of halogens is 4. The van der Waals surface area contributed by atoms with Crippen molar-refractivity contribution in [2.75, 3.05) is 14.2 Å². The molecular weight excluding hydrogens is 547 g/mol. The number of carbonyl (C=O) groups excluding carboxylic acids is 1. The van der Waals surface area contributed by atoms with Crippen molar-refractivity contribution in [1.29, 1.82) is 0 Å². The summed E-state index contributed by atoms with van der Waals surface area (Å²) in [5.41, 5.74) is 1.94. The van der Waals surface area contributed by atoms with Gasteiger partial charge in [-0.25, -0.2) is 13.8 Å². The molecule has 10 heteroatoms. The molecule has 0 saturated heterocycles. The average Bonchev–Trinajstić information content (AvgIpc) is 3.32. The molecule has 1 amide bonds. The smallest absolute Gasteiger partial charge is 0.263 e. The van der Waals surface area contributed by atoms with Gasteiger partial charge in [-0.3, -0.25) is 4.79 Å². The number of nitrogens with one attached hydrogen (secondary N) is 2. The lowest BCUT2D eigenvalue weighted by molar-refractivity contribution is 0.0955. The van der Waals surface area contributed by atoms with Crippen LogP contribution in [0.25, 0.3) is 21.2 Å². The van der Waals surface area contributed by atoms with Crippen LogP contribution in [0.4, 0.5) is 13.2 Å². The highest BCUT2D eigenvalue weighted by Gasteiger charge is 2.22. The summed E-state index contributed by atoms with van der Waals surface area (Å²) in [7, 11) is 3.55. The van der Waals surface area contributed by atoms with Crippen LogP contribution in [-0.4, -0.2) is 31.1 Å². The van der Waals surface area contributed by atoms with Gasteiger partial charge >= 0.3 is 0 Å². The number of ether oxygens (including phenoxy) is 1. The molecule has 2 aromatic heterocycles. The van der Waals surface area contributed by atoms with E-state index in [0.717, 1.165) is 29.5 Å². The van der Waals surface area contributed by atoms with E-state index in [2.05, 4.69) is 22.7 Å². The molecule has 5 rings (SSSR count). The molecule has 39 heavy (non-hydrogen) atoms. The zero-order chi connectivity index (χ0) is 27.9. The number of carbonyl (C=O) groups is 1. The first-order valence-corrected chi connectivity index (χ1v) is 13.8. The van der Waals surface area contributed by atoms with Gasteiger partial charge in [-0.15, -0.1) is 11.3 Å². The summed E-state index contributed by atoms with van der Waals surface area (Å²) in [5.74, 6) is -2.02. The first kappa shape index (κ1) is 28.9. The Morgan fingerprint density at radius 1 is 1.05 bits per heavy atom. The molecule has 2 N–H and O–H groups in total. The fraction of sp³-hybridized carbons (Fsp3) is 0.310. The van der Waals surface area contributed by atoms with Crippen LogP contribution in [0.15, 0.2) is 48.7 Å². The molecule has 1 aliphatic rings. The number of pyridine rings is 1. The second-order valence-corrected chi connectivity index (χ2v) is 10.6. The fourth-order valence-corrected chi connectivity index (χ4v) is 6.04. The molecule has 206 valence electrons. The summed E-state index contributed by atoms with van der Waals surface area (Å²) in [6, 6.07) is 11.0. The minimum absolute atomic E-state index is 0.00647. The molecule has 0 radical (unpaired) electrons. The molecular formula is C29H29ClF3N3O2S. The number of fused-ring (bicyclic) bond motifs is 1. The highest BCUT2D eigenvalue weighted by atomic mass is 35.5. The fourth-order valence-electron chi connectivity index (χ4n) is 4.57. The van der Waals surface area contributed by atoms with Crippen LogP contribution >= 0.6 is 22.9 Å². The normalized spacial score (nSPS) is 13.6. The largest absolute Gasteiger partial charge is 0.496 e.